The third-order valence-corrected chi connectivity index (χ3v) is 8.13. The fourth-order valence-electron chi connectivity index (χ4n) is 3.68. The molecule has 0 spiro atoms. The Morgan fingerprint density at radius 3 is 2.25 bits per heavy atom. The van der Waals surface area contributed by atoms with Gasteiger partial charge in [0.15, 0.2) is 11.5 Å². The second-order valence-electron chi connectivity index (χ2n) is 8.70. The molecule has 0 aliphatic carbocycles. The van der Waals surface area contributed by atoms with Gasteiger partial charge in [-0.05, 0) is 62.7 Å². The van der Waals surface area contributed by atoms with E-state index >= 15 is 0 Å². The Labute approximate surface area is 210 Å². The predicted octanol–water partition coefficient (Wildman–Crippen LogP) is 2.14. The fraction of sp³-hybridized carbons (Fsp3) is 0.375. The maximum atomic E-state index is 13.2. The average molecular weight is 519 g/mol. The van der Waals surface area contributed by atoms with Crippen LogP contribution in [-0.4, -0.2) is 69.3 Å². The smallest absolute Gasteiger partial charge is 0.325 e. The van der Waals surface area contributed by atoms with Crippen molar-refractivity contribution in [2.75, 3.05) is 33.1 Å². The van der Waals surface area contributed by atoms with Crippen molar-refractivity contribution in [3.05, 3.63) is 48.0 Å². The molecule has 0 bridgehead atoms. The van der Waals surface area contributed by atoms with Crippen molar-refractivity contribution in [3.8, 4) is 11.5 Å². The van der Waals surface area contributed by atoms with Crippen LogP contribution in [0, 0.1) is 0 Å². The highest BCUT2D eigenvalue weighted by Gasteiger charge is 2.49. The number of anilines is 1. The van der Waals surface area contributed by atoms with Gasteiger partial charge in [0.1, 0.15) is 12.1 Å². The van der Waals surface area contributed by atoms with Gasteiger partial charge >= 0.3 is 6.03 Å². The fourth-order valence-corrected chi connectivity index (χ4v) is 5.05. The lowest BCUT2D eigenvalue weighted by Crippen LogP contribution is -2.42. The maximum Gasteiger partial charge on any atom is 0.325 e. The topological polar surface area (TPSA) is 134 Å². The number of hydrogen-bond acceptors (Lipinski definition) is 7. The number of carbonyl (C=O) groups is 3. The van der Waals surface area contributed by atoms with E-state index in [1.165, 1.54) is 49.8 Å². The zero-order chi connectivity index (χ0) is 26.8. The van der Waals surface area contributed by atoms with Crippen molar-refractivity contribution in [2.24, 2.45) is 0 Å². The highest BCUT2D eigenvalue weighted by Crippen LogP contribution is 2.35. The molecule has 0 aromatic heterocycles. The number of rotatable bonds is 9. The third kappa shape index (κ3) is 5.00. The third-order valence-electron chi connectivity index (χ3n) is 6.08. The summed E-state index contributed by atoms with van der Waals surface area (Å²) < 4.78 is 36.9. The Morgan fingerprint density at radius 2 is 1.69 bits per heavy atom. The number of ether oxygens (including phenoxy) is 2. The quantitative estimate of drug-likeness (QED) is 0.486. The number of urea groups is 1. The van der Waals surface area contributed by atoms with Crippen molar-refractivity contribution in [2.45, 2.75) is 37.2 Å². The molecule has 12 heteroatoms. The van der Waals surface area contributed by atoms with E-state index in [4.69, 9.17) is 9.47 Å². The van der Waals surface area contributed by atoms with Crippen LogP contribution in [0.25, 0.3) is 0 Å². The number of methoxy groups -OCH3 is 2. The summed E-state index contributed by atoms with van der Waals surface area (Å²) in [7, 11) is 0.765. The number of nitrogens with zero attached hydrogens (tertiary/aromatic N) is 2. The van der Waals surface area contributed by atoms with E-state index in [0.29, 0.717) is 22.7 Å². The van der Waals surface area contributed by atoms with E-state index in [-0.39, 0.29) is 10.9 Å². The van der Waals surface area contributed by atoms with Gasteiger partial charge in [0, 0.05) is 18.8 Å². The lowest BCUT2D eigenvalue weighted by Gasteiger charge is -2.23. The first-order chi connectivity index (χ1) is 16.8. The lowest BCUT2D eigenvalue weighted by molar-refractivity contribution is -0.133. The first-order valence-electron chi connectivity index (χ1n) is 11.1. The molecule has 11 nitrogen and oxygen atoms in total. The normalized spacial score (nSPS) is 17.9. The van der Waals surface area contributed by atoms with Crippen molar-refractivity contribution in [1.29, 1.82) is 0 Å². The molecule has 2 aromatic rings. The van der Waals surface area contributed by atoms with Gasteiger partial charge in [-0.25, -0.2) is 13.2 Å². The average Bonchev–Trinajstić information content (AvgIpc) is 3.06. The molecule has 2 N–H and O–H groups in total. The molecule has 1 saturated heterocycles. The molecule has 2 aromatic carbocycles. The molecular formula is C24H30N4O7S. The van der Waals surface area contributed by atoms with Crippen LogP contribution in [0.15, 0.2) is 47.4 Å². The van der Waals surface area contributed by atoms with E-state index in [1.54, 1.807) is 39.0 Å². The van der Waals surface area contributed by atoms with E-state index in [1.807, 2.05) is 0 Å². The molecule has 4 amide bonds. The van der Waals surface area contributed by atoms with Crippen LogP contribution >= 0.6 is 0 Å². The summed E-state index contributed by atoms with van der Waals surface area (Å²) in [4.78, 5) is 39.3. The van der Waals surface area contributed by atoms with E-state index < -0.39 is 40.0 Å². The maximum absolute atomic E-state index is 13.2. The molecule has 1 atom stereocenters. The molecule has 3 rings (SSSR count). The summed E-state index contributed by atoms with van der Waals surface area (Å²) in [6.07, 6.45) is 0. The van der Waals surface area contributed by atoms with Gasteiger partial charge in [-0.15, -0.1) is 0 Å². The minimum Gasteiger partial charge on any atom is -0.493 e. The van der Waals surface area contributed by atoms with Crippen LogP contribution in [0.3, 0.4) is 0 Å². The number of amides is 4. The number of benzene rings is 2. The second-order valence-corrected chi connectivity index (χ2v) is 10.7. The van der Waals surface area contributed by atoms with Crippen LogP contribution in [-0.2, 0) is 25.2 Å². The van der Waals surface area contributed by atoms with Gasteiger partial charge in [-0.2, -0.15) is 4.31 Å². The van der Waals surface area contributed by atoms with E-state index in [9.17, 15) is 22.8 Å². The van der Waals surface area contributed by atoms with Crippen LogP contribution in [0.2, 0.25) is 0 Å². The summed E-state index contributed by atoms with van der Waals surface area (Å²) in [5, 5.41) is 5.22. The monoisotopic (exact) mass is 518 g/mol. The van der Waals surface area contributed by atoms with E-state index in [0.717, 1.165) is 4.90 Å². The number of nitrogens with one attached hydrogen (secondary N) is 2. The van der Waals surface area contributed by atoms with Crippen molar-refractivity contribution in [3.63, 3.8) is 0 Å². The Bertz CT molecular complexity index is 1280. The van der Waals surface area contributed by atoms with Gasteiger partial charge in [-0.3, -0.25) is 14.5 Å². The van der Waals surface area contributed by atoms with Gasteiger partial charge in [0.05, 0.1) is 19.1 Å². The zero-order valence-corrected chi connectivity index (χ0v) is 21.8. The molecule has 1 aliphatic heterocycles. The van der Waals surface area contributed by atoms with Gasteiger partial charge < -0.3 is 20.1 Å². The Balaban J connectivity index is 1.72. The first kappa shape index (κ1) is 27.0. The molecule has 1 aliphatic rings. The van der Waals surface area contributed by atoms with Crippen LogP contribution < -0.4 is 20.1 Å². The Hall–Kier alpha value is -3.64. The molecule has 0 unspecified atom stereocenters. The van der Waals surface area contributed by atoms with Crippen molar-refractivity contribution >= 4 is 33.6 Å². The highest BCUT2D eigenvalue weighted by atomic mass is 32.2. The minimum absolute atomic E-state index is 0.0801. The molecule has 1 fully saturated rings. The summed E-state index contributed by atoms with van der Waals surface area (Å²) in [6.45, 7) is 4.54. The highest BCUT2D eigenvalue weighted by molar-refractivity contribution is 7.89. The van der Waals surface area contributed by atoms with Crippen LogP contribution in [0.1, 0.15) is 26.3 Å². The van der Waals surface area contributed by atoms with Crippen LogP contribution in [0.5, 0.6) is 11.5 Å². The Morgan fingerprint density at radius 1 is 1.08 bits per heavy atom. The summed E-state index contributed by atoms with van der Waals surface area (Å²) >= 11 is 0. The molecule has 0 saturated carbocycles. The Kier molecular flexibility index (Phi) is 7.60. The summed E-state index contributed by atoms with van der Waals surface area (Å²) in [5.41, 5.74) is -0.625. The largest absolute Gasteiger partial charge is 0.493 e. The second kappa shape index (κ2) is 10.2. The predicted molar refractivity (Wildman–Crippen MR) is 132 cm³/mol. The first-order valence-corrected chi connectivity index (χ1v) is 12.5. The SMILES string of the molecule is COc1ccc([C@@]2(C)NC(=O)N(CC(=O)Nc3ccc(S(=O)(=O)N(C)C(C)C)cc3)C2=O)cc1OC. The summed E-state index contributed by atoms with van der Waals surface area (Å²) in [6, 6.07) is 9.56. The van der Waals surface area contributed by atoms with Gasteiger partial charge in [0.2, 0.25) is 15.9 Å². The standard InChI is InChI=1S/C24H30N4O7S/c1-15(2)27(4)36(32,33)18-10-8-17(9-11-18)25-21(29)14-28-22(30)24(3,26-23(28)31)16-7-12-19(34-5)20(13-16)35-6/h7-13,15H,14H2,1-6H3,(H,25,29)(H,26,31)/t24-/m1/s1. The molecule has 0 radical (unpaired) electrons. The zero-order valence-electron chi connectivity index (χ0n) is 21.0. The number of hydrogen-bond donors (Lipinski definition) is 2. The molecule has 194 valence electrons. The molecule has 1 heterocycles. The van der Waals surface area contributed by atoms with Gasteiger partial charge in [-0.1, -0.05) is 6.07 Å². The molecule has 36 heavy (non-hydrogen) atoms. The lowest BCUT2D eigenvalue weighted by atomic mass is 9.91. The number of imide groups is 1. The summed E-state index contributed by atoms with van der Waals surface area (Å²) in [5.74, 6) is -0.370. The van der Waals surface area contributed by atoms with Crippen molar-refractivity contribution < 1.29 is 32.3 Å². The number of sulfonamides is 1. The molecular weight excluding hydrogens is 488 g/mol. The van der Waals surface area contributed by atoms with Gasteiger partial charge in [0.25, 0.3) is 5.91 Å². The van der Waals surface area contributed by atoms with E-state index in [2.05, 4.69) is 10.6 Å². The minimum atomic E-state index is -3.67. The van der Waals surface area contributed by atoms with Crippen LogP contribution in [0.4, 0.5) is 10.5 Å². The van der Waals surface area contributed by atoms with Crippen molar-refractivity contribution in [1.82, 2.24) is 14.5 Å². The number of carbonyl (C=O) groups excluding carboxylic acids is 3.